The predicted molar refractivity (Wildman–Crippen MR) is 85.1 cm³/mol. The highest BCUT2D eigenvalue weighted by Crippen LogP contribution is 2.25. The van der Waals surface area contributed by atoms with E-state index in [9.17, 15) is 13.2 Å². The maximum atomic E-state index is 12.2. The van der Waals surface area contributed by atoms with Crippen molar-refractivity contribution in [2.45, 2.75) is 39.0 Å². The Labute approximate surface area is 133 Å². The Hall–Kier alpha value is -0.920. The lowest BCUT2D eigenvalue weighted by molar-refractivity contribution is 0.0695. The molecule has 0 radical (unpaired) electrons. The van der Waals surface area contributed by atoms with Gasteiger partial charge in [-0.2, -0.15) is 0 Å². The van der Waals surface area contributed by atoms with Gasteiger partial charge in [0.05, 0.1) is 10.5 Å². The molecule has 21 heavy (non-hydrogen) atoms. The highest BCUT2D eigenvalue weighted by atomic mass is 79.9. The number of benzene rings is 1. The SMILES string of the molecule is Cc1c(Br)cc(S(=O)(=O)NCCC(C)(C)C)cc1C(=O)O. The second-order valence-electron chi connectivity index (χ2n) is 6.09. The van der Waals surface area contributed by atoms with Gasteiger partial charge in [0.2, 0.25) is 10.0 Å². The Morgan fingerprint density at radius 2 is 1.90 bits per heavy atom. The molecule has 0 heterocycles. The molecule has 0 spiro atoms. The van der Waals surface area contributed by atoms with Crippen LogP contribution in [0, 0.1) is 12.3 Å². The average molecular weight is 378 g/mol. The Morgan fingerprint density at radius 1 is 1.33 bits per heavy atom. The summed E-state index contributed by atoms with van der Waals surface area (Å²) in [5.41, 5.74) is 0.486. The van der Waals surface area contributed by atoms with Crippen LogP contribution >= 0.6 is 15.9 Å². The maximum Gasteiger partial charge on any atom is 0.336 e. The van der Waals surface area contributed by atoms with E-state index in [0.717, 1.165) is 0 Å². The lowest BCUT2D eigenvalue weighted by Crippen LogP contribution is -2.27. The fraction of sp³-hybridized carbons (Fsp3) is 0.500. The molecule has 2 N–H and O–H groups in total. The van der Waals surface area contributed by atoms with Crippen LogP contribution in [-0.4, -0.2) is 26.0 Å². The summed E-state index contributed by atoms with van der Waals surface area (Å²) in [6, 6.07) is 2.60. The van der Waals surface area contributed by atoms with Crippen molar-refractivity contribution < 1.29 is 18.3 Å². The van der Waals surface area contributed by atoms with E-state index >= 15 is 0 Å². The molecule has 0 atom stereocenters. The fourth-order valence-electron chi connectivity index (χ4n) is 1.67. The Kier molecular flexibility index (Phi) is 5.57. The smallest absolute Gasteiger partial charge is 0.336 e. The first kappa shape index (κ1) is 18.1. The van der Waals surface area contributed by atoms with Crippen molar-refractivity contribution in [2.75, 3.05) is 6.54 Å². The van der Waals surface area contributed by atoms with Crippen molar-refractivity contribution in [1.82, 2.24) is 4.72 Å². The molecule has 0 aliphatic rings. The highest BCUT2D eigenvalue weighted by Gasteiger charge is 2.20. The second-order valence-corrected chi connectivity index (χ2v) is 8.71. The molecule has 0 bridgehead atoms. The van der Waals surface area contributed by atoms with Crippen molar-refractivity contribution in [2.24, 2.45) is 5.41 Å². The first-order chi connectivity index (χ1) is 9.44. The standard InChI is InChI=1S/C14H20BrNO4S/c1-9-11(13(17)18)7-10(8-12(9)15)21(19,20)16-6-5-14(2,3)4/h7-8,16H,5-6H2,1-4H3,(H,17,18). The number of carbonyl (C=O) groups is 1. The van der Waals surface area contributed by atoms with Gasteiger partial charge < -0.3 is 5.11 Å². The number of nitrogens with one attached hydrogen (secondary N) is 1. The Bertz CT molecular complexity index is 648. The summed E-state index contributed by atoms with van der Waals surface area (Å²) >= 11 is 3.20. The van der Waals surface area contributed by atoms with Gasteiger partial charge in [0.15, 0.2) is 0 Å². The third-order valence-electron chi connectivity index (χ3n) is 3.03. The van der Waals surface area contributed by atoms with E-state index in [4.69, 9.17) is 5.11 Å². The number of aromatic carboxylic acids is 1. The van der Waals surface area contributed by atoms with Crippen molar-refractivity contribution in [3.05, 3.63) is 27.7 Å². The molecule has 1 aromatic carbocycles. The van der Waals surface area contributed by atoms with Crippen LogP contribution in [0.25, 0.3) is 0 Å². The maximum absolute atomic E-state index is 12.2. The molecule has 5 nitrogen and oxygen atoms in total. The van der Waals surface area contributed by atoms with Crippen LogP contribution in [0.5, 0.6) is 0 Å². The highest BCUT2D eigenvalue weighted by molar-refractivity contribution is 9.10. The van der Waals surface area contributed by atoms with Gasteiger partial charge in [0.1, 0.15) is 0 Å². The molecule has 1 rings (SSSR count). The normalized spacial score (nSPS) is 12.4. The lowest BCUT2D eigenvalue weighted by Gasteiger charge is -2.18. The number of carboxylic acid groups (broad SMARTS) is 1. The molecular weight excluding hydrogens is 358 g/mol. The summed E-state index contributed by atoms with van der Waals surface area (Å²) in [5.74, 6) is -1.15. The zero-order valence-corrected chi connectivity index (χ0v) is 14.9. The number of hydrogen-bond donors (Lipinski definition) is 2. The zero-order valence-electron chi connectivity index (χ0n) is 12.5. The summed E-state index contributed by atoms with van der Waals surface area (Å²) in [4.78, 5) is 11.1. The summed E-state index contributed by atoms with van der Waals surface area (Å²) in [6.45, 7) is 7.99. The van der Waals surface area contributed by atoms with E-state index in [0.29, 0.717) is 23.0 Å². The van der Waals surface area contributed by atoms with Crippen LogP contribution in [-0.2, 0) is 10.0 Å². The summed E-state index contributed by atoms with van der Waals surface area (Å²) in [5, 5.41) is 9.13. The van der Waals surface area contributed by atoms with Gasteiger partial charge in [0, 0.05) is 11.0 Å². The van der Waals surface area contributed by atoms with Crippen LogP contribution in [0.4, 0.5) is 0 Å². The Morgan fingerprint density at radius 3 is 2.38 bits per heavy atom. The molecular formula is C14H20BrNO4S. The number of hydrogen-bond acceptors (Lipinski definition) is 3. The third kappa shape index (κ3) is 5.09. The predicted octanol–water partition coefficient (Wildman–Crippen LogP) is 3.17. The quantitative estimate of drug-likeness (QED) is 0.825. The van der Waals surface area contributed by atoms with E-state index in [2.05, 4.69) is 20.7 Å². The van der Waals surface area contributed by atoms with Gasteiger partial charge in [-0.3, -0.25) is 0 Å². The number of rotatable bonds is 5. The molecule has 118 valence electrons. The number of carboxylic acids is 1. The van der Waals surface area contributed by atoms with Gasteiger partial charge in [-0.05, 0) is 36.5 Å². The van der Waals surface area contributed by atoms with Crippen LogP contribution < -0.4 is 4.72 Å². The van der Waals surface area contributed by atoms with Gasteiger partial charge >= 0.3 is 5.97 Å². The molecule has 0 unspecified atom stereocenters. The van der Waals surface area contributed by atoms with Gasteiger partial charge in [-0.25, -0.2) is 17.9 Å². The minimum atomic E-state index is -3.72. The zero-order chi connectivity index (χ0) is 16.4. The molecule has 0 fully saturated rings. The van der Waals surface area contributed by atoms with E-state index < -0.39 is 16.0 Å². The summed E-state index contributed by atoms with van der Waals surface area (Å²) in [6.07, 6.45) is 0.686. The number of halogens is 1. The Balaban J connectivity index is 3.07. The van der Waals surface area contributed by atoms with E-state index in [-0.39, 0.29) is 15.9 Å². The van der Waals surface area contributed by atoms with Crippen molar-refractivity contribution in [3.63, 3.8) is 0 Å². The van der Waals surface area contributed by atoms with E-state index in [1.807, 2.05) is 20.8 Å². The molecule has 0 aliphatic heterocycles. The molecule has 7 heteroatoms. The lowest BCUT2D eigenvalue weighted by atomic mass is 9.93. The minimum Gasteiger partial charge on any atom is -0.478 e. The first-order valence-electron chi connectivity index (χ1n) is 6.47. The average Bonchev–Trinajstić information content (AvgIpc) is 2.29. The molecule has 0 saturated heterocycles. The monoisotopic (exact) mass is 377 g/mol. The van der Waals surface area contributed by atoms with Crippen LogP contribution in [0.2, 0.25) is 0 Å². The van der Waals surface area contributed by atoms with Crippen LogP contribution in [0.1, 0.15) is 43.1 Å². The van der Waals surface area contributed by atoms with Crippen LogP contribution in [0.3, 0.4) is 0 Å². The number of sulfonamides is 1. The molecule has 0 amide bonds. The molecule has 0 aromatic heterocycles. The van der Waals surface area contributed by atoms with Gasteiger partial charge in [-0.1, -0.05) is 36.7 Å². The molecule has 0 saturated carbocycles. The van der Waals surface area contributed by atoms with Crippen molar-refractivity contribution in [3.8, 4) is 0 Å². The largest absolute Gasteiger partial charge is 0.478 e. The first-order valence-corrected chi connectivity index (χ1v) is 8.75. The summed E-state index contributed by atoms with van der Waals surface area (Å²) < 4.78 is 27.4. The van der Waals surface area contributed by atoms with E-state index in [1.165, 1.54) is 12.1 Å². The van der Waals surface area contributed by atoms with Crippen LogP contribution in [0.15, 0.2) is 21.5 Å². The van der Waals surface area contributed by atoms with Crippen molar-refractivity contribution in [1.29, 1.82) is 0 Å². The molecule has 0 aliphatic carbocycles. The van der Waals surface area contributed by atoms with Gasteiger partial charge in [-0.15, -0.1) is 0 Å². The third-order valence-corrected chi connectivity index (χ3v) is 5.29. The van der Waals surface area contributed by atoms with Gasteiger partial charge in [0.25, 0.3) is 0 Å². The second kappa shape index (κ2) is 6.46. The van der Waals surface area contributed by atoms with Crippen molar-refractivity contribution >= 4 is 31.9 Å². The fourth-order valence-corrected chi connectivity index (χ4v) is 3.37. The molecule has 1 aromatic rings. The minimum absolute atomic E-state index is 0.0165. The topological polar surface area (TPSA) is 83.5 Å². The summed E-state index contributed by atoms with van der Waals surface area (Å²) in [7, 11) is -3.72. The van der Waals surface area contributed by atoms with E-state index in [1.54, 1.807) is 6.92 Å².